The van der Waals surface area contributed by atoms with Crippen molar-refractivity contribution in [2.24, 2.45) is 0 Å². The summed E-state index contributed by atoms with van der Waals surface area (Å²) in [6.07, 6.45) is 0. The summed E-state index contributed by atoms with van der Waals surface area (Å²) in [6, 6.07) is 12.4. The third kappa shape index (κ3) is 4.03. The predicted molar refractivity (Wildman–Crippen MR) is 103 cm³/mol. The normalized spacial score (nSPS) is 12.0. The fourth-order valence-corrected chi connectivity index (χ4v) is 3.38. The van der Waals surface area contributed by atoms with Gasteiger partial charge in [-0.15, -0.1) is 11.3 Å². The van der Waals surface area contributed by atoms with Crippen LogP contribution in [-0.2, 0) is 4.79 Å². The molecule has 25 heavy (non-hydrogen) atoms. The van der Waals surface area contributed by atoms with E-state index in [0.717, 1.165) is 20.9 Å². The zero-order valence-electron chi connectivity index (χ0n) is 14.3. The zero-order chi connectivity index (χ0) is 18.0. The minimum absolute atomic E-state index is 0.0320. The van der Waals surface area contributed by atoms with Crippen molar-refractivity contribution in [2.75, 3.05) is 10.6 Å². The van der Waals surface area contributed by atoms with Crippen molar-refractivity contribution < 1.29 is 9.59 Å². The number of anilines is 2. The van der Waals surface area contributed by atoms with Crippen molar-refractivity contribution in [1.82, 2.24) is 4.98 Å². The van der Waals surface area contributed by atoms with Crippen molar-refractivity contribution in [3.8, 4) is 0 Å². The van der Waals surface area contributed by atoms with Crippen LogP contribution < -0.4 is 10.6 Å². The smallest absolute Gasteiger partial charge is 0.246 e. The first-order chi connectivity index (χ1) is 11.9. The highest BCUT2D eigenvalue weighted by atomic mass is 32.1. The summed E-state index contributed by atoms with van der Waals surface area (Å²) in [5, 5.41) is 7.05. The summed E-state index contributed by atoms with van der Waals surface area (Å²) in [4.78, 5) is 28.3. The van der Waals surface area contributed by atoms with Gasteiger partial charge in [-0.05, 0) is 51.1 Å². The molecule has 0 saturated heterocycles. The van der Waals surface area contributed by atoms with Crippen molar-refractivity contribution in [3.05, 3.63) is 53.0 Å². The van der Waals surface area contributed by atoms with E-state index in [2.05, 4.69) is 15.6 Å². The Balaban J connectivity index is 1.69. The fourth-order valence-electron chi connectivity index (χ4n) is 2.51. The number of Topliss-reactive ketones (excluding diaryl/α,β-unsaturated/α-hetero) is 1. The summed E-state index contributed by atoms with van der Waals surface area (Å²) in [6.45, 7) is 5.28. The van der Waals surface area contributed by atoms with Gasteiger partial charge in [0.25, 0.3) is 0 Å². The number of hydrogen-bond acceptors (Lipinski definition) is 5. The minimum atomic E-state index is -0.424. The van der Waals surface area contributed by atoms with Crippen molar-refractivity contribution >= 4 is 44.6 Å². The Hall–Kier alpha value is -2.73. The number of fused-ring (bicyclic) bond motifs is 1. The molecule has 0 aliphatic heterocycles. The Bertz CT molecular complexity index is 949. The molecule has 2 aromatic carbocycles. The molecular weight excluding hydrogens is 334 g/mol. The average molecular weight is 353 g/mol. The molecule has 0 radical (unpaired) electrons. The molecule has 128 valence electrons. The molecule has 0 aliphatic carbocycles. The van der Waals surface area contributed by atoms with E-state index >= 15 is 0 Å². The van der Waals surface area contributed by atoms with Crippen LogP contribution in [0.25, 0.3) is 10.2 Å². The van der Waals surface area contributed by atoms with Gasteiger partial charge >= 0.3 is 0 Å². The summed E-state index contributed by atoms with van der Waals surface area (Å²) in [7, 11) is 0. The monoisotopic (exact) mass is 353 g/mol. The Morgan fingerprint density at radius 1 is 1.12 bits per heavy atom. The van der Waals surface area contributed by atoms with Gasteiger partial charge in [0.2, 0.25) is 5.91 Å². The number of benzene rings is 2. The molecule has 3 aromatic rings. The number of nitrogens with one attached hydrogen (secondary N) is 2. The second kappa shape index (κ2) is 7.03. The number of amides is 1. The van der Waals surface area contributed by atoms with Gasteiger partial charge in [0.05, 0.1) is 15.2 Å². The predicted octanol–water partition coefficient (Wildman–Crippen LogP) is 4.25. The van der Waals surface area contributed by atoms with Gasteiger partial charge < -0.3 is 10.6 Å². The SMILES string of the molecule is CC(=O)c1cccc(NC(=O)C(C)Nc2ccc3nc(C)sc3c2)c1. The Morgan fingerprint density at radius 3 is 2.68 bits per heavy atom. The lowest BCUT2D eigenvalue weighted by molar-refractivity contribution is -0.116. The minimum Gasteiger partial charge on any atom is -0.374 e. The Kier molecular flexibility index (Phi) is 4.81. The van der Waals surface area contributed by atoms with Gasteiger partial charge in [0.15, 0.2) is 5.78 Å². The van der Waals surface area contributed by atoms with Gasteiger partial charge in [-0.25, -0.2) is 4.98 Å². The number of rotatable bonds is 5. The van der Waals surface area contributed by atoms with Crippen LogP contribution in [0.5, 0.6) is 0 Å². The standard InChI is InChI=1S/C19H19N3O2S/c1-11(19(24)22-15-6-4-5-14(9-15)12(2)23)20-16-7-8-17-18(10-16)25-13(3)21-17/h4-11,20H,1-3H3,(H,22,24). The topological polar surface area (TPSA) is 71.1 Å². The summed E-state index contributed by atoms with van der Waals surface area (Å²) in [5.74, 6) is -0.197. The van der Waals surface area contributed by atoms with Crippen LogP contribution in [0.3, 0.4) is 0 Å². The number of carbonyl (C=O) groups is 2. The first-order valence-corrected chi connectivity index (χ1v) is 8.79. The Labute approximate surface area is 150 Å². The Morgan fingerprint density at radius 2 is 1.92 bits per heavy atom. The number of hydrogen-bond donors (Lipinski definition) is 2. The van der Waals surface area contributed by atoms with Gasteiger partial charge in [0, 0.05) is 16.9 Å². The van der Waals surface area contributed by atoms with E-state index in [0.29, 0.717) is 11.3 Å². The zero-order valence-corrected chi connectivity index (χ0v) is 15.1. The molecule has 1 atom stereocenters. The molecule has 3 rings (SSSR count). The maximum absolute atomic E-state index is 12.4. The second-order valence-electron chi connectivity index (χ2n) is 5.91. The van der Waals surface area contributed by atoms with Crippen molar-refractivity contribution in [2.45, 2.75) is 26.8 Å². The number of thiazole rings is 1. The second-order valence-corrected chi connectivity index (χ2v) is 7.14. The molecule has 1 amide bonds. The fraction of sp³-hybridized carbons (Fsp3) is 0.211. The summed E-state index contributed by atoms with van der Waals surface area (Å²) >= 11 is 1.63. The number of carbonyl (C=O) groups excluding carboxylic acids is 2. The lowest BCUT2D eigenvalue weighted by Gasteiger charge is -2.15. The first kappa shape index (κ1) is 17.1. The van der Waals surface area contributed by atoms with Crippen LogP contribution in [-0.4, -0.2) is 22.7 Å². The van der Waals surface area contributed by atoms with Crippen LogP contribution in [0.2, 0.25) is 0 Å². The van der Waals surface area contributed by atoms with Crippen molar-refractivity contribution in [1.29, 1.82) is 0 Å². The average Bonchev–Trinajstić information content (AvgIpc) is 2.94. The third-order valence-electron chi connectivity index (χ3n) is 3.81. The molecule has 1 aromatic heterocycles. The van der Waals surface area contributed by atoms with Gasteiger partial charge in [0.1, 0.15) is 6.04 Å². The van der Waals surface area contributed by atoms with Crippen LogP contribution in [0.4, 0.5) is 11.4 Å². The highest BCUT2D eigenvalue weighted by Gasteiger charge is 2.14. The maximum Gasteiger partial charge on any atom is 0.246 e. The molecule has 0 fully saturated rings. The van der Waals surface area contributed by atoms with Gasteiger partial charge in [-0.1, -0.05) is 12.1 Å². The highest BCUT2D eigenvalue weighted by Crippen LogP contribution is 2.25. The molecule has 0 saturated carbocycles. The molecule has 2 N–H and O–H groups in total. The number of aryl methyl sites for hydroxylation is 1. The van der Waals surface area contributed by atoms with E-state index in [1.54, 1.807) is 42.5 Å². The number of ketones is 1. The largest absolute Gasteiger partial charge is 0.374 e. The lowest BCUT2D eigenvalue weighted by Crippen LogP contribution is -2.31. The van der Waals surface area contributed by atoms with Crippen LogP contribution >= 0.6 is 11.3 Å². The van der Waals surface area contributed by atoms with E-state index in [-0.39, 0.29) is 11.7 Å². The molecule has 5 nitrogen and oxygen atoms in total. The molecule has 1 unspecified atom stereocenters. The summed E-state index contributed by atoms with van der Waals surface area (Å²) < 4.78 is 1.09. The van der Waals surface area contributed by atoms with Crippen molar-refractivity contribution in [3.63, 3.8) is 0 Å². The molecular formula is C19H19N3O2S. The van der Waals surface area contributed by atoms with Crippen LogP contribution in [0.1, 0.15) is 29.2 Å². The molecule has 1 heterocycles. The molecule has 0 aliphatic rings. The lowest BCUT2D eigenvalue weighted by atomic mass is 10.1. The highest BCUT2D eigenvalue weighted by molar-refractivity contribution is 7.18. The first-order valence-electron chi connectivity index (χ1n) is 7.98. The van der Waals surface area contributed by atoms with E-state index < -0.39 is 6.04 Å². The van der Waals surface area contributed by atoms with E-state index in [1.807, 2.05) is 25.1 Å². The molecule has 0 bridgehead atoms. The summed E-state index contributed by atoms with van der Waals surface area (Å²) in [5.41, 5.74) is 3.02. The maximum atomic E-state index is 12.4. The quantitative estimate of drug-likeness (QED) is 0.673. The van der Waals surface area contributed by atoms with E-state index in [9.17, 15) is 9.59 Å². The van der Waals surface area contributed by atoms with E-state index in [4.69, 9.17) is 0 Å². The third-order valence-corrected chi connectivity index (χ3v) is 4.74. The molecule has 0 spiro atoms. The van der Waals surface area contributed by atoms with Gasteiger partial charge in [-0.2, -0.15) is 0 Å². The van der Waals surface area contributed by atoms with Crippen LogP contribution in [0, 0.1) is 6.92 Å². The molecule has 6 heteroatoms. The number of aromatic nitrogens is 1. The van der Waals surface area contributed by atoms with Crippen LogP contribution in [0.15, 0.2) is 42.5 Å². The number of nitrogens with zero attached hydrogens (tertiary/aromatic N) is 1. The van der Waals surface area contributed by atoms with E-state index in [1.165, 1.54) is 6.92 Å². The van der Waals surface area contributed by atoms with Gasteiger partial charge in [-0.3, -0.25) is 9.59 Å².